The van der Waals surface area contributed by atoms with E-state index in [-0.39, 0.29) is 35.1 Å². The summed E-state index contributed by atoms with van der Waals surface area (Å²) in [5.74, 6) is 1.05. The van der Waals surface area contributed by atoms with Crippen LogP contribution < -0.4 is 5.32 Å². The molecule has 1 aliphatic heterocycles. The van der Waals surface area contributed by atoms with Gasteiger partial charge in [-0.2, -0.15) is 0 Å². The lowest BCUT2D eigenvalue weighted by atomic mass is 9.97. The summed E-state index contributed by atoms with van der Waals surface area (Å²) in [5.41, 5.74) is 1.65. The van der Waals surface area contributed by atoms with Crippen LogP contribution >= 0.6 is 24.0 Å². The molecule has 1 aromatic carbocycles. The maximum Gasteiger partial charge on any atom is 0.194 e. The zero-order valence-electron chi connectivity index (χ0n) is 16.6. The number of nitrogens with one attached hydrogen (secondary N) is 1. The van der Waals surface area contributed by atoms with E-state index in [1.54, 1.807) is 0 Å². The van der Waals surface area contributed by atoms with Crippen molar-refractivity contribution < 1.29 is 8.42 Å². The second-order valence-electron chi connectivity index (χ2n) is 8.33. The summed E-state index contributed by atoms with van der Waals surface area (Å²) in [6.45, 7) is 8.28. The lowest BCUT2D eigenvalue weighted by Crippen LogP contribution is -2.57. The molecule has 5 nitrogen and oxygen atoms in total. The fourth-order valence-corrected chi connectivity index (χ4v) is 4.96. The van der Waals surface area contributed by atoms with Gasteiger partial charge in [-0.15, -0.1) is 24.0 Å². The van der Waals surface area contributed by atoms with E-state index in [4.69, 9.17) is 4.99 Å². The highest BCUT2D eigenvalue weighted by Crippen LogP contribution is 2.48. The van der Waals surface area contributed by atoms with Crippen molar-refractivity contribution in [1.82, 2.24) is 10.2 Å². The standard InChI is InChI=1S/C20H31N3O2S.HI/c1-4-21-18(23-12-13-26(24,25)19(2,3)16-23)22-15-20(10-11-20)14-17-8-6-5-7-9-17;/h5-9H,4,10-16H2,1-3H3,(H,21,22);1H. The summed E-state index contributed by atoms with van der Waals surface area (Å²) >= 11 is 0. The average Bonchev–Trinajstić information content (AvgIpc) is 3.35. The smallest absolute Gasteiger partial charge is 0.194 e. The first kappa shape index (κ1) is 22.5. The van der Waals surface area contributed by atoms with Gasteiger partial charge in [0.1, 0.15) is 0 Å². The number of aliphatic imine (C=N–C) groups is 1. The van der Waals surface area contributed by atoms with Gasteiger partial charge in [0.15, 0.2) is 15.8 Å². The highest BCUT2D eigenvalue weighted by molar-refractivity contribution is 14.0. The zero-order valence-corrected chi connectivity index (χ0v) is 19.7. The Morgan fingerprint density at radius 3 is 2.44 bits per heavy atom. The molecule has 0 aromatic heterocycles. The molecule has 152 valence electrons. The van der Waals surface area contributed by atoms with E-state index in [1.807, 2.05) is 13.8 Å². The third-order valence-electron chi connectivity index (χ3n) is 5.62. The van der Waals surface area contributed by atoms with Gasteiger partial charge in [0.05, 0.1) is 10.5 Å². The second kappa shape index (κ2) is 8.68. The van der Waals surface area contributed by atoms with Crippen LogP contribution in [0.2, 0.25) is 0 Å². The molecule has 0 amide bonds. The number of guanidine groups is 1. The molecule has 1 saturated heterocycles. The third-order valence-corrected chi connectivity index (χ3v) is 8.15. The monoisotopic (exact) mass is 505 g/mol. The Morgan fingerprint density at radius 1 is 1.22 bits per heavy atom. The largest absolute Gasteiger partial charge is 0.357 e. The first-order valence-corrected chi connectivity index (χ1v) is 11.2. The Bertz CT molecular complexity index is 759. The van der Waals surface area contributed by atoms with Gasteiger partial charge in [-0.05, 0) is 51.0 Å². The normalized spacial score (nSPS) is 22.6. The lowest BCUT2D eigenvalue weighted by Gasteiger charge is -2.39. The molecule has 2 fully saturated rings. The molecule has 2 aliphatic rings. The third kappa shape index (κ3) is 5.37. The quantitative estimate of drug-likeness (QED) is 0.380. The van der Waals surface area contributed by atoms with Gasteiger partial charge < -0.3 is 10.2 Å². The second-order valence-corrected chi connectivity index (χ2v) is 11.1. The minimum absolute atomic E-state index is 0. The van der Waals surface area contributed by atoms with E-state index in [2.05, 4.69) is 47.5 Å². The zero-order chi connectivity index (χ0) is 18.8. The van der Waals surface area contributed by atoms with Gasteiger partial charge in [0.25, 0.3) is 0 Å². The van der Waals surface area contributed by atoms with Crippen LogP contribution in [0.3, 0.4) is 0 Å². The van der Waals surface area contributed by atoms with Crippen molar-refractivity contribution in [2.24, 2.45) is 10.4 Å². The van der Waals surface area contributed by atoms with Crippen molar-refractivity contribution >= 4 is 39.8 Å². The van der Waals surface area contributed by atoms with E-state index < -0.39 is 14.6 Å². The number of hydrogen-bond acceptors (Lipinski definition) is 3. The maximum atomic E-state index is 12.3. The van der Waals surface area contributed by atoms with Crippen LogP contribution in [0.1, 0.15) is 39.2 Å². The first-order chi connectivity index (χ1) is 12.3. The van der Waals surface area contributed by atoms with Crippen molar-refractivity contribution in [3.05, 3.63) is 35.9 Å². The number of nitrogens with zero attached hydrogens (tertiary/aromatic N) is 2. The molecule has 27 heavy (non-hydrogen) atoms. The van der Waals surface area contributed by atoms with Gasteiger partial charge in [0.2, 0.25) is 0 Å². The number of rotatable bonds is 5. The van der Waals surface area contributed by atoms with Gasteiger partial charge in [-0.3, -0.25) is 4.99 Å². The van der Waals surface area contributed by atoms with Crippen LogP contribution in [0.25, 0.3) is 0 Å². The van der Waals surface area contributed by atoms with Crippen molar-refractivity contribution in [1.29, 1.82) is 0 Å². The molecule has 0 spiro atoms. The SMILES string of the molecule is CCNC(=NCC1(Cc2ccccc2)CC1)N1CCS(=O)(=O)C(C)(C)C1.I. The van der Waals surface area contributed by atoms with Crippen LogP contribution in [0.4, 0.5) is 0 Å². The molecule has 1 aliphatic carbocycles. The topological polar surface area (TPSA) is 61.8 Å². The molecule has 0 atom stereocenters. The first-order valence-electron chi connectivity index (χ1n) is 9.56. The Morgan fingerprint density at radius 2 is 1.89 bits per heavy atom. The summed E-state index contributed by atoms with van der Waals surface area (Å²) < 4.78 is 23.8. The van der Waals surface area contributed by atoms with Crippen molar-refractivity contribution in [2.75, 3.05) is 31.9 Å². The highest BCUT2D eigenvalue weighted by atomic mass is 127. The fourth-order valence-electron chi connectivity index (χ4n) is 3.59. The van der Waals surface area contributed by atoms with Crippen molar-refractivity contribution in [3.8, 4) is 0 Å². The minimum Gasteiger partial charge on any atom is -0.357 e. The van der Waals surface area contributed by atoms with Gasteiger partial charge in [-0.25, -0.2) is 8.42 Å². The Hall–Kier alpha value is -0.830. The van der Waals surface area contributed by atoms with Crippen LogP contribution in [-0.2, 0) is 16.3 Å². The van der Waals surface area contributed by atoms with E-state index >= 15 is 0 Å². The molecule has 1 heterocycles. The molecule has 7 heteroatoms. The van der Waals surface area contributed by atoms with Crippen LogP contribution in [0.5, 0.6) is 0 Å². The molecular weight excluding hydrogens is 473 g/mol. The molecule has 1 aromatic rings. The molecule has 1 N–H and O–H groups in total. The van der Waals surface area contributed by atoms with Crippen molar-refractivity contribution in [3.63, 3.8) is 0 Å². The number of halogens is 1. The van der Waals surface area contributed by atoms with Gasteiger partial charge in [-0.1, -0.05) is 30.3 Å². The van der Waals surface area contributed by atoms with Crippen LogP contribution in [0.15, 0.2) is 35.3 Å². The molecule has 0 bridgehead atoms. The maximum absolute atomic E-state index is 12.3. The minimum atomic E-state index is -3.04. The Balaban J connectivity index is 0.00000261. The van der Waals surface area contributed by atoms with Crippen molar-refractivity contribution in [2.45, 2.75) is 44.8 Å². The molecular formula is C20H32IN3O2S. The number of benzene rings is 1. The summed E-state index contributed by atoms with van der Waals surface area (Å²) in [6, 6.07) is 10.6. The predicted octanol–water partition coefficient (Wildman–Crippen LogP) is 3.10. The van der Waals surface area contributed by atoms with Crippen LogP contribution in [-0.4, -0.2) is 56.0 Å². The highest BCUT2D eigenvalue weighted by Gasteiger charge is 2.43. The van der Waals surface area contributed by atoms with E-state index in [1.165, 1.54) is 18.4 Å². The lowest BCUT2D eigenvalue weighted by molar-refractivity contribution is 0.351. The molecule has 1 saturated carbocycles. The fraction of sp³-hybridized carbons (Fsp3) is 0.650. The van der Waals surface area contributed by atoms with E-state index in [0.717, 1.165) is 25.5 Å². The predicted molar refractivity (Wildman–Crippen MR) is 123 cm³/mol. The summed E-state index contributed by atoms with van der Waals surface area (Å²) in [7, 11) is -3.04. The molecule has 0 radical (unpaired) electrons. The van der Waals surface area contributed by atoms with Gasteiger partial charge in [0, 0.05) is 26.2 Å². The van der Waals surface area contributed by atoms with Crippen LogP contribution in [0, 0.1) is 5.41 Å². The molecule has 0 unspecified atom stereocenters. The molecule has 3 rings (SSSR count). The number of sulfone groups is 1. The summed E-state index contributed by atoms with van der Waals surface area (Å²) in [5, 5.41) is 3.36. The number of hydrogen-bond donors (Lipinski definition) is 1. The van der Waals surface area contributed by atoms with E-state index in [9.17, 15) is 8.42 Å². The Labute approximate surface area is 181 Å². The Kier molecular flexibility index (Phi) is 7.22. The summed E-state index contributed by atoms with van der Waals surface area (Å²) in [4.78, 5) is 7.03. The average molecular weight is 505 g/mol. The van der Waals surface area contributed by atoms with E-state index in [0.29, 0.717) is 13.1 Å². The van der Waals surface area contributed by atoms with Gasteiger partial charge >= 0.3 is 0 Å². The summed E-state index contributed by atoms with van der Waals surface area (Å²) in [6.07, 6.45) is 3.49.